The van der Waals surface area contributed by atoms with E-state index in [9.17, 15) is 21.7 Å². The van der Waals surface area contributed by atoms with Crippen LogP contribution in [-0.4, -0.2) is 12.1 Å². The van der Waals surface area contributed by atoms with Gasteiger partial charge in [0.15, 0.2) is 17.4 Å². The third kappa shape index (κ3) is 4.54. The summed E-state index contributed by atoms with van der Waals surface area (Å²) in [6.07, 6.45) is 0.439. The largest absolute Gasteiger partial charge is 1.00 e. The Bertz CT molecular complexity index is 404. The summed E-state index contributed by atoms with van der Waals surface area (Å²) in [4.78, 5) is 0. The van der Waals surface area contributed by atoms with Crippen molar-refractivity contribution in [1.29, 1.82) is 0 Å². The van der Waals surface area contributed by atoms with Crippen molar-refractivity contribution < 1.29 is 78.2 Å². The van der Waals surface area contributed by atoms with Crippen LogP contribution < -0.4 is 51.4 Å². The average Bonchev–Trinajstić information content (AvgIpc) is 2.12. The first kappa shape index (κ1) is 16.1. The molecule has 8 heteroatoms. The van der Waals surface area contributed by atoms with Gasteiger partial charge in [0.05, 0.1) is 0 Å². The first-order chi connectivity index (χ1) is 6.81. The zero-order valence-electron chi connectivity index (χ0n) is 8.22. The van der Waals surface area contributed by atoms with Gasteiger partial charge in [-0.15, -0.1) is 5.98 Å². The quantitative estimate of drug-likeness (QED) is 0.591. The summed E-state index contributed by atoms with van der Waals surface area (Å²) in [7, 11) is 0. The summed E-state index contributed by atoms with van der Waals surface area (Å²) in [6.45, 7) is -5.19. The summed E-state index contributed by atoms with van der Waals surface area (Å²) >= 11 is 0. The minimum atomic E-state index is -5.19. The van der Waals surface area contributed by atoms with Gasteiger partial charge in [0.25, 0.3) is 0 Å². The Labute approximate surface area is 131 Å². The Morgan fingerprint density at radius 2 is 1.69 bits per heavy atom. The molecule has 0 radical (unpaired) electrons. The zero-order valence-corrected chi connectivity index (χ0v) is 11.3. The minimum absolute atomic E-state index is 0. The second-order valence-electron chi connectivity index (χ2n) is 2.78. The molecule has 0 aliphatic rings. The normalized spacial score (nSPS) is 11.6. The summed E-state index contributed by atoms with van der Waals surface area (Å²) in [5.74, 6) is -4.06. The molecule has 0 unspecified atom stereocenters. The van der Waals surface area contributed by atoms with Crippen LogP contribution >= 0.6 is 0 Å². The molecule has 0 amide bonds. The topological polar surface area (TPSA) is 20.2 Å². The Kier molecular flexibility index (Phi) is 6.20. The van der Waals surface area contributed by atoms with Gasteiger partial charge in [0, 0.05) is 5.56 Å². The number of hydrogen-bond donors (Lipinski definition) is 1. The molecule has 0 saturated carbocycles. The fourth-order valence-electron chi connectivity index (χ4n) is 0.898. The van der Waals surface area contributed by atoms with Crippen molar-refractivity contribution in [2.24, 2.45) is 0 Å². The number of rotatable bonds is 2. The maximum atomic E-state index is 12.9. The van der Waals surface area contributed by atoms with Gasteiger partial charge < -0.3 is 18.1 Å². The van der Waals surface area contributed by atoms with Gasteiger partial charge in [0.2, 0.25) is 0 Å². The van der Waals surface area contributed by atoms with E-state index in [1.54, 1.807) is 0 Å². The molecular weight excluding hydrogens is 257 g/mol. The van der Waals surface area contributed by atoms with Crippen molar-refractivity contribution in [3.05, 3.63) is 35.3 Å². The van der Waals surface area contributed by atoms with Crippen molar-refractivity contribution in [2.45, 2.75) is 0 Å². The van der Waals surface area contributed by atoms with Crippen LogP contribution in [0.2, 0.25) is 0 Å². The Balaban J connectivity index is 0.00000225. The SMILES string of the molecule is Oc1c(F)ccc(/C=C/[B-](F)(F)F)c1F.[K+]. The van der Waals surface area contributed by atoms with E-state index in [2.05, 4.69) is 0 Å². The van der Waals surface area contributed by atoms with Crippen molar-refractivity contribution in [2.75, 3.05) is 0 Å². The van der Waals surface area contributed by atoms with Crippen LogP contribution in [-0.2, 0) is 0 Å². The molecule has 0 spiro atoms. The fourth-order valence-corrected chi connectivity index (χ4v) is 0.898. The van der Waals surface area contributed by atoms with E-state index in [1.807, 2.05) is 0 Å². The number of phenolic OH excluding ortho intramolecular Hbond substituents is 1. The van der Waals surface area contributed by atoms with Crippen LogP contribution in [0, 0.1) is 11.6 Å². The van der Waals surface area contributed by atoms with Crippen LogP contribution in [0.25, 0.3) is 6.08 Å². The number of phenols is 1. The van der Waals surface area contributed by atoms with Gasteiger partial charge >= 0.3 is 58.4 Å². The van der Waals surface area contributed by atoms with Gasteiger partial charge in [-0.1, -0.05) is 6.08 Å². The maximum Gasteiger partial charge on any atom is 1.00 e. The number of halogens is 5. The summed E-state index contributed by atoms with van der Waals surface area (Å²) in [6, 6.07) is 1.49. The van der Waals surface area contributed by atoms with E-state index in [0.29, 0.717) is 12.1 Å². The molecule has 0 aliphatic heterocycles. The minimum Gasteiger partial charge on any atom is -0.503 e. The summed E-state index contributed by atoms with van der Waals surface area (Å²) in [5.41, 5.74) is -0.520. The predicted molar refractivity (Wildman–Crippen MR) is 46.1 cm³/mol. The Hall–Kier alpha value is 0.111. The first-order valence-electron chi connectivity index (χ1n) is 3.87. The molecule has 0 atom stereocenters. The summed E-state index contributed by atoms with van der Waals surface area (Å²) < 4.78 is 60.7. The molecule has 0 aliphatic carbocycles. The van der Waals surface area contributed by atoms with Gasteiger partial charge in [-0.25, -0.2) is 8.78 Å². The van der Waals surface area contributed by atoms with Crippen molar-refractivity contribution in [3.63, 3.8) is 0 Å². The molecule has 0 heterocycles. The van der Waals surface area contributed by atoms with Gasteiger partial charge in [0.1, 0.15) is 0 Å². The molecule has 82 valence electrons. The molecule has 1 aromatic rings. The molecule has 1 rings (SSSR count). The third-order valence-corrected chi connectivity index (χ3v) is 1.59. The predicted octanol–water partition coefficient (Wildman–Crippen LogP) is 0.0742. The smallest absolute Gasteiger partial charge is 0.503 e. The van der Waals surface area contributed by atoms with Crippen LogP contribution in [0.5, 0.6) is 5.75 Å². The van der Waals surface area contributed by atoms with E-state index in [-0.39, 0.29) is 57.4 Å². The van der Waals surface area contributed by atoms with Crippen molar-refractivity contribution >= 4 is 13.1 Å². The molecule has 1 nitrogen and oxygen atoms in total. The Morgan fingerprint density at radius 1 is 1.12 bits per heavy atom. The fraction of sp³-hybridized carbons (Fsp3) is 0. The molecule has 0 bridgehead atoms. The van der Waals surface area contributed by atoms with E-state index >= 15 is 0 Å². The van der Waals surface area contributed by atoms with Crippen LogP contribution in [0.4, 0.5) is 21.7 Å². The third-order valence-electron chi connectivity index (χ3n) is 1.59. The van der Waals surface area contributed by atoms with Gasteiger partial charge in [-0.05, 0) is 12.1 Å². The molecule has 1 aromatic carbocycles. The van der Waals surface area contributed by atoms with E-state index in [0.717, 1.165) is 6.07 Å². The second-order valence-corrected chi connectivity index (χ2v) is 2.78. The second kappa shape index (κ2) is 6.15. The Morgan fingerprint density at radius 3 is 2.19 bits per heavy atom. The van der Waals surface area contributed by atoms with E-state index < -0.39 is 29.9 Å². The molecular formula is C8H5BF5KO. The monoisotopic (exact) mass is 262 g/mol. The van der Waals surface area contributed by atoms with Crippen molar-refractivity contribution in [3.8, 4) is 5.75 Å². The van der Waals surface area contributed by atoms with Crippen molar-refractivity contribution in [1.82, 2.24) is 0 Å². The van der Waals surface area contributed by atoms with Gasteiger partial charge in [-0.3, -0.25) is 0 Å². The van der Waals surface area contributed by atoms with E-state index in [1.165, 1.54) is 0 Å². The zero-order chi connectivity index (χ0) is 11.6. The molecule has 0 aromatic heterocycles. The molecule has 0 fully saturated rings. The van der Waals surface area contributed by atoms with E-state index in [4.69, 9.17) is 5.11 Å². The van der Waals surface area contributed by atoms with Gasteiger partial charge in [-0.2, -0.15) is 0 Å². The average molecular weight is 262 g/mol. The van der Waals surface area contributed by atoms with Crippen LogP contribution in [0.15, 0.2) is 18.1 Å². The number of aromatic hydroxyl groups is 1. The number of hydrogen-bond acceptors (Lipinski definition) is 1. The number of benzene rings is 1. The molecule has 0 saturated heterocycles. The van der Waals surface area contributed by atoms with Crippen LogP contribution in [0.1, 0.15) is 5.56 Å². The maximum absolute atomic E-state index is 12.9. The molecule has 16 heavy (non-hydrogen) atoms. The first-order valence-corrected chi connectivity index (χ1v) is 3.87. The molecule has 1 N–H and O–H groups in total. The summed E-state index contributed by atoms with van der Waals surface area (Å²) in [5, 5.41) is 8.76. The van der Waals surface area contributed by atoms with Crippen LogP contribution in [0.3, 0.4) is 0 Å². The standard InChI is InChI=1S/C8H5BF5O.K/c10-6-2-1-5(7(11)8(6)15)3-4-9(12,13)14;/h1-4,15H;/q-1;+1/b4-3+;.